The Hall–Kier alpha value is -3.38. The van der Waals surface area contributed by atoms with E-state index >= 15 is 0 Å². The quantitative estimate of drug-likeness (QED) is 0.497. The van der Waals surface area contributed by atoms with Crippen LogP contribution >= 0.6 is 11.5 Å². The summed E-state index contributed by atoms with van der Waals surface area (Å²) in [6, 6.07) is 8.44. The fourth-order valence-electron chi connectivity index (χ4n) is 2.56. The number of anilines is 1. The lowest BCUT2D eigenvalue weighted by atomic mass is 10.1. The van der Waals surface area contributed by atoms with E-state index in [1.165, 1.54) is 43.5 Å². The molecule has 0 fully saturated rings. The minimum absolute atomic E-state index is 0.0150. The van der Waals surface area contributed by atoms with Gasteiger partial charge in [0.2, 0.25) is 10.9 Å². The molecule has 0 unspecified atom stereocenters. The van der Waals surface area contributed by atoms with E-state index in [9.17, 15) is 18.3 Å². The maximum atomic E-state index is 12.9. The first-order chi connectivity index (χ1) is 15.1. The summed E-state index contributed by atoms with van der Waals surface area (Å²) in [5.41, 5.74) is 0.0911. The van der Waals surface area contributed by atoms with E-state index in [2.05, 4.69) is 14.7 Å². The Morgan fingerprint density at radius 2 is 1.81 bits per heavy atom. The number of carbonyl (C=O) groups is 1. The molecule has 1 aromatic heterocycles. The molecule has 0 aliphatic rings. The molecule has 1 heterocycles. The van der Waals surface area contributed by atoms with Crippen molar-refractivity contribution in [1.29, 1.82) is 0 Å². The van der Waals surface area contributed by atoms with Gasteiger partial charge in [-0.25, -0.2) is 8.42 Å². The number of aromatic nitrogens is 2. The number of aromatic hydroxyl groups is 1. The number of carbonyl (C=O) groups excluding carboxylic acids is 1. The van der Waals surface area contributed by atoms with Crippen molar-refractivity contribution in [2.75, 3.05) is 18.7 Å². The second-order valence-corrected chi connectivity index (χ2v) is 9.61. The van der Waals surface area contributed by atoms with Crippen LogP contribution in [0.4, 0.5) is 5.13 Å². The van der Waals surface area contributed by atoms with E-state index < -0.39 is 15.7 Å². The van der Waals surface area contributed by atoms with Crippen LogP contribution in [0.15, 0.2) is 41.3 Å². The number of hydrogen-bond donors (Lipinski definition) is 2. The highest BCUT2D eigenvalue weighted by atomic mass is 32.2. The summed E-state index contributed by atoms with van der Waals surface area (Å²) < 4.78 is 43.7. The van der Waals surface area contributed by atoms with E-state index in [1.807, 2.05) is 0 Å². The molecule has 0 aliphatic carbocycles. The molecule has 10 nitrogen and oxygen atoms in total. The zero-order chi connectivity index (χ0) is 23.5. The Balaban J connectivity index is 1.97. The molecular formula is C20H21N3O7S2. The fourth-order valence-corrected chi connectivity index (χ4v) is 3.73. The van der Waals surface area contributed by atoms with Gasteiger partial charge in [0.05, 0.1) is 23.7 Å². The van der Waals surface area contributed by atoms with Crippen molar-refractivity contribution in [1.82, 2.24) is 9.36 Å². The van der Waals surface area contributed by atoms with Crippen LogP contribution in [0.5, 0.6) is 29.0 Å². The summed E-state index contributed by atoms with van der Waals surface area (Å²) in [5.74, 6) is -0.652. The number of phenols is 1. The summed E-state index contributed by atoms with van der Waals surface area (Å²) in [4.78, 5) is 17.0. The number of nitrogens with zero attached hydrogens (tertiary/aromatic N) is 2. The third-order valence-electron chi connectivity index (χ3n) is 3.97. The third kappa shape index (κ3) is 5.45. The van der Waals surface area contributed by atoms with Crippen LogP contribution in [0, 0.1) is 0 Å². The third-order valence-corrected chi connectivity index (χ3v) is 5.71. The molecule has 2 N–H and O–H groups in total. The maximum absolute atomic E-state index is 12.9. The maximum Gasteiger partial charge on any atom is 0.329 e. The molecule has 12 heteroatoms. The molecule has 0 bridgehead atoms. The van der Waals surface area contributed by atoms with Crippen LogP contribution in [0.3, 0.4) is 0 Å². The van der Waals surface area contributed by atoms with E-state index in [1.54, 1.807) is 13.8 Å². The van der Waals surface area contributed by atoms with Gasteiger partial charge in [0.25, 0.3) is 5.91 Å². The molecule has 0 radical (unpaired) electrons. The lowest BCUT2D eigenvalue weighted by molar-refractivity contribution is 0.102. The summed E-state index contributed by atoms with van der Waals surface area (Å²) in [6.07, 6.45) is 0.749. The summed E-state index contributed by atoms with van der Waals surface area (Å²) >= 11 is 0.942. The van der Waals surface area contributed by atoms with Crippen molar-refractivity contribution in [3.63, 3.8) is 0 Å². The molecule has 0 atom stereocenters. The molecule has 3 aromatic rings. The normalized spacial score (nSPS) is 11.3. The van der Waals surface area contributed by atoms with Crippen LogP contribution in [0.2, 0.25) is 0 Å². The van der Waals surface area contributed by atoms with Crippen LogP contribution in [0.25, 0.3) is 0 Å². The first-order valence-corrected chi connectivity index (χ1v) is 11.9. The monoisotopic (exact) mass is 479 g/mol. The topological polar surface area (TPSA) is 137 Å². The summed E-state index contributed by atoms with van der Waals surface area (Å²) in [7, 11) is -1.96. The summed E-state index contributed by atoms with van der Waals surface area (Å²) in [6.45, 7) is 3.51. The van der Waals surface area contributed by atoms with Crippen LogP contribution < -0.4 is 19.5 Å². The molecule has 1 amide bonds. The SMILES string of the molecule is COc1nsc(NC(=O)c2ccc(O)c(Oc3ccc(S(C)(=O)=O)cc3)c2OC(C)C)n1. The molecule has 0 aliphatic heterocycles. The number of benzene rings is 2. The second kappa shape index (κ2) is 9.40. The Bertz CT molecular complexity index is 1220. The lowest BCUT2D eigenvalue weighted by Gasteiger charge is -2.19. The van der Waals surface area contributed by atoms with E-state index in [-0.39, 0.29) is 50.7 Å². The largest absolute Gasteiger partial charge is 0.504 e. The minimum atomic E-state index is -3.37. The average molecular weight is 480 g/mol. The van der Waals surface area contributed by atoms with Gasteiger partial charge in [-0.05, 0) is 50.2 Å². The Morgan fingerprint density at radius 1 is 1.12 bits per heavy atom. The van der Waals surface area contributed by atoms with E-state index in [4.69, 9.17) is 14.2 Å². The number of nitrogens with one attached hydrogen (secondary N) is 1. The molecule has 32 heavy (non-hydrogen) atoms. The van der Waals surface area contributed by atoms with Gasteiger partial charge >= 0.3 is 6.01 Å². The first-order valence-electron chi connectivity index (χ1n) is 9.28. The highest BCUT2D eigenvalue weighted by Gasteiger charge is 2.24. The lowest BCUT2D eigenvalue weighted by Crippen LogP contribution is -2.16. The molecule has 0 spiro atoms. The fraction of sp³-hybridized carbons (Fsp3) is 0.250. The molecule has 0 saturated heterocycles. The highest BCUT2D eigenvalue weighted by molar-refractivity contribution is 7.90. The van der Waals surface area contributed by atoms with Gasteiger partial charge in [0.1, 0.15) is 5.75 Å². The number of hydrogen-bond acceptors (Lipinski definition) is 10. The Morgan fingerprint density at radius 3 is 2.38 bits per heavy atom. The number of methoxy groups -OCH3 is 1. The van der Waals surface area contributed by atoms with Gasteiger partial charge in [-0.1, -0.05) is 0 Å². The van der Waals surface area contributed by atoms with Gasteiger partial charge in [0.15, 0.2) is 21.3 Å². The number of sulfone groups is 1. The summed E-state index contributed by atoms with van der Waals surface area (Å²) in [5, 5.41) is 13.2. The molecule has 3 rings (SSSR count). The standard InChI is InChI=1S/C20H21N3O7S2/c1-11(2)29-16-14(18(25)21-20-22-19(28-3)23-31-20)9-10-15(24)17(16)30-12-5-7-13(8-6-12)32(4,26)27/h5-11,24H,1-4H3,(H,21,22,23,25). The van der Waals surface area contributed by atoms with Crippen molar-refractivity contribution in [2.45, 2.75) is 24.8 Å². The Kier molecular flexibility index (Phi) is 6.84. The number of amides is 1. The van der Waals surface area contributed by atoms with Gasteiger partial charge in [0, 0.05) is 17.8 Å². The zero-order valence-electron chi connectivity index (χ0n) is 17.6. The van der Waals surface area contributed by atoms with Crippen molar-refractivity contribution in [2.24, 2.45) is 0 Å². The van der Waals surface area contributed by atoms with Crippen molar-refractivity contribution < 1.29 is 32.5 Å². The molecular weight excluding hydrogens is 458 g/mol. The van der Waals surface area contributed by atoms with E-state index in [0.717, 1.165) is 17.8 Å². The Labute approximate surface area is 188 Å². The molecule has 2 aromatic carbocycles. The van der Waals surface area contributed by atoms with Gasteiger partial charge in [-0.15, -0.1) is 4.37 Å². The number of ether oxygens (including phenoxy) is 3. The minimum Gasteiger partial charge on any atom is -0.504 e. The molecule has 0 saturated carbocycles. The van der Waals surface area contributed by atoms with Crippen molar-refractivity contribution in [3.05, 3.63) is 42.0 Å². The van der Waals surface area contributed by atoms with E-state index in [0.29, 0.717) is 0 Å². The van der Waals surface area contributed by atoms with Gasteiger partial charge in [-0.2, -0.15) is 4.98 Å². The smallest absolute Gasteiger partial charge is 0.329 e. The average Bonchev–Trinajstić information content (AvgIpc) is 3.17. The van der Waals surface area contributed by atoms with Crippen LogP contribution in [0.1, 0.15) is 24.2 Å². The first kappa shape index (κ1) is 23.3. The highest BCUT2D eigenvalue weighted by Crippen LogP contribution is 2.43. The zero-order valence-corrected chi connectivity index (χ0v) is 19.3. The second-order valence-electron chi connectivity index (χ2n) is 6.84. The molecule has 170 valence electrons. The van der Waals surface area contributed by atoms with Gasteiger partial charge < -0.3 is 19.3 Å². The van der Waals surface area contributed by atoms with Crippen LogP contribution in [-0.4, -0.2) is 48.3 Å². The van der Waals surface area contributed by atoms with Gasteiger partial charge in [-0.3, -0.25) is 10.1 Å². The predicted molar refractivity (Wildman–Crippen MR) is 118 cm³/mol. The van der Waals surface area contributed by atoms with Crippen molar-refractivity contribution in [3.8, 4) is 29.0 Å². The predicted octanol–water partition coefficient (Wildman–Crippen LogP) is 3.49. The number of phenolic OH excluding ortho intramolecular Hbond substituents is 1. The van der Waals surface area contributed by atoms with Crippen LogP contribution in [-0.2, 0) is 9.84 Å². The van der Waals surface area contributed by atoms with Crippen molar-refractivity contribution >= 4 is 32.4 Å². The number of rotatable bonds is 8.